The van der Waals surface area contributed by atoms with Gasteiger partial charge in [0.1, 0.15) is 0 Å². The number of nitrogens with zero attached hydrogens (tertiary/aromatic N) is 1. The highest BCUT2D eigenvalue weighted by Crippen LogP contribution is 2.39. The average molecular weight is 252 g/mol. The second-order valence-corrected chi connectivity index (χ2v) is 5.40. The highest BCUT2D eigenvalue weighted by atomic mass is 16.1. The minimum absolute atomic E-state index is 0.0731. The predicted octanol–water partition coefficient (Wildman–Crippen LogP) is 2.17. The zero-order valence-corrected chi connectivity index (χ0v) is 10.7. The molecule has 3 nitrogen and oxygen atoms in total. The summed E-state index contributed by atoms with van der Waals surface area (Å²) in [5.41, 5.74) is 8.59. The molecule has 1 amide bonds. The number of hydrazine groups is 1. The number of carbonyl (C=O) groups is 1. The lowest BCUT2D eigenvalue weighted by molar-refractivity contribution is -0.120. The summed E-state index contributed by atoms with van der Waals surface area (Å²) in [6, 6.07) is 0.339. The standard InChI is InChI=1S/C16H16N2O/c19-10-18-16-13-6-2-1-4-11(13)8-9-12-5-3-7-14(17-18)15(12)16/h2-3,5-6,8-10,14,16-17H,1,4,7H2. The van der Waals surface area contributed by atoms with E-state index in [0.29, 0.717) is 0 Å². The lowest BCUT2D eigenvalue weighted by Crippen LogP contribution is -2.39. The Bertz CT molecular complexity index is 592. The Hall–Kier alpha value is -1.87. The van der Waals surface area contributed by atoms with Gasteiger partial charge in [-0.05, 0) is 41.6 Å². The van der Waals surface area contributed by atoms with Crippen molar-refractivity contribution in [2.24, 2.45) is 0 Å². The third-order valence-corrected chi connectivity index (χ3v) is 4.38. The van der Waals surface area contributed by atoms with Crippen molar-refractivity contribution in [3.05, 3.63) is 58.7 Å². The van der Waals surface area contributed by atoms with E-state index in [2.05, 4.69) is 41.9 Å². The molecule has 4 aliphatic rings. The van der Waals surface area contributed by atoms with Gasteiger partial charge >= 0.3 is 0 Å². The first kappa shape index (κ1) is 11.0. The summed E-state index contributed by atoms with van der Waals surface area (Å²) >= 11 is 0. The van der Waals surface area contributed by atoms with Crippen molar-refractivity contribution in [1.29, 1.82) is 0 Å². The zero-order valence-electron chi connectivity index (χ0n) is 10.7. The first-order valence-electron chi connectivity index (χ1n) is 6.86. The van der Waals surface area contributed by atoms with E-state index in [1.807, 2.05) is 0 Å². The van der Waals surface area contributed by atoms with Crippen molar-refractivity contribution >= 4 is 6.41 Å². The molecule has 0 aromatic heterocycles. The second-order valence-electron chi connectivity index (χ2n) is 5.40. The highest BCUT2D eigenvalue weighted by molar-refractivity contribution is 5.62. The topological polar surface area (TPSA) is 32.3 Å². The summed E-state index contributed by atoms with van der Waals surface area (Å²) in [7, 11) is 0. The number of amides is 1. The molecule has 0 aromatic rings. The van der Waals surface area contributed by atoms with E-state index in [1.165, 1.54) is 22.3 Å². The molecule has 3 aliphatic carbocycles. The second kappa shape index (κ2) is 4.07. The first-order chi connectivity index (χ1) is 9.38. The maximum absolute atomic E-state index is 11.4. The third kappa shape index (κ3) is 1.51. The molecule has 0 spiro atoms. The van der Waals surface area contributed by atoms with Crippen LogP contribution in [0.25, 0.3) is 0 Å². The van der Waals surface area contributed by atoms with Crippen molar-refractivity contribution in [3.8, 4) is 0 Å². The van der Waals surface area contributed by atoms with E-state index in [9.17, 15) is 4.79 Å². The first-order valence-corrected chi connectivity index (χ1v) is 6.86. The molecular weight excluding hydrogens is 236 g/mol. The van der Waals surface area contributed by atoms with E-state index in [1.54, 1.807) is 5.01 Å². The van der Waals surface area contributed by atoms with Crippen LogP contribution < -0.4 is 5.43 Å². The Balaban J connectivity index is 1.92. The summed E-state index contributed by atoms with van der Waals surface area (Å²) in [4.78, 5) is 11.4. The fraction of sp³-hybridized carbons (Fsp3) is 0.312. The molecule has 1 heterocycles. The van der Waals surface area contributed by atoms with Gasteiger partial charge in [-0.1, -0.05) is 36.5 Å². The van der Waals surface area contributed by atoms with Crippen molar-refractivity contribution in [1.82, 2.24) is 10.4 Å². The average Bonchev–Trinajstić information content (AvgIpc) is 2.75. The van der Waals surface area contributed by atoms with Gasteiger partial charge in [0.15, 0.2) is 0 Å². The number of fused-ring (bicyclic) bond motifs is 1. The highest BCUT2D eigenvalue weighted by Gasteiger charge is 2.41. The Kier molecular flexibility index (Phi) is 2.35. The summed E-state index contributed by atoms with van der Waals surface area (Å²) < 4.78 is 0. The number of nitrogens with one attached hydrogen (secondary N) is 1. The fourth-order valence-corrected chi connectivity index (χ4v) is 3.53. The monoisotopic (exact) mass is 252 g/mol. The van der Waals surface area contributed by atoms with Crippen LogP contribution in [0.3, 0.4) is 0 Å². The van der Waals surface area contributed by atoms with Crippen LogP contribution in [-0.4, -0.2) is 23.5 Å². The van der Waals surface area contributed by atoms with Crippen LogP contribution in [0.4, 0.5) is 0 Å². The molecule has 1 fully saturated rings. The van der Waals surface area contributed by atoms with Gasteiger partial charge in [0.2, 0.25) is 6.41 Å². The van der Waals surface area contributed by atoms with E-state index in [0.717, 1.165) is 25.7 Å². The number of hydrogen-bond donors (Lipinski definition) is 1. The number of rotatable bonds is 1. The SMILES string of the molecule is O=CN1NC2CC=CC3=C2C1C1=C(C=C3)CCC=C1. The van der Waals surface area contributed by atoms with Gasteiger partial charge in [-0.15, -0.1) is 0 Å². The van der Waals surface area contributed by atoms with Gasteiger partial charge in [-0.2, -0.15) is 0 Å². The molecule has 0 bridgehead atoms. The van der Waals surface area contributed by atoms with Gasteiger partial charge in [-0.25, -0.2) is 5.43 Å². The van der Waals surface area contributed by atoms with Gasteiger partial charge in [0, 0.05) is 0 Å². The van der Waals surface area contributed by atoms with Crippen LogP contribution >= 0.6 is 0 Å². The van der Waals surface area contributed by atoms with Crippen LogP contribution in [0.5, 0.6) is 0 Å². The Morgan fingerprint density at radius 1 is 1.21 bits per heavy atom. The molecule has 0 saturated carbocycles. The van der Waals surface area contributed by atoms with Crippen molar-refractivity contribution < 1.29 is 4.79 Å². The smallest absolute Gasteiger partial charge is 0.224 e. The summed E-state index contributed by atoms with van der Waals surface area (Å²) in [6.45, 7) is 0. The molecular formula is C16H16N2O. The normalized spacial score (nSPS) is 31.5. The molecule has 1 aliphatic heterocycles. The Labute approximate surface area is 112 Å². The van der Waals surface area contributed by atoms with E-state index < -0.39 is 0 Å². The number of allylic oxidation sites excluding steroid dienone is 6. The molecule has 3 heteroatoms. The van der Waals surface area contributed by atoms with Crippen molar-refractivity contribution in [3.63, 3.8) is 0 Å². The van der Waals surface area contributed by atoms with Gasteiger partial charge in [0.25, 0.3) is 0 Å². The number of hydrogen-bond acceptors (Lipinski definition) is 2. The zero-order chi connectivity index (χ0) is 12.8. The molecule has 1 N–H and O–H groups in total. The van der Waals surface area contributed by atoms with E-state index in [4.69, 9.17) is 0 Å². The summed E-state index contributed by atoms with van der Waals surface area (Å²) in [5.74, 6) is 0. The lowest BCUT2D eigenvalue weighted by Gasteiger charge is -2.25. The maximum Gasteiger partial charge on any atom is 0.224 e. The molecule has 96 valence electrons. The van der Waals surface area contributed by atoms with Crippen LogP contribution in [0.1, 0.15) is 19.3 Å². The van der Waals surface area contributed by atoms with Gasteiger partial charge in [-0.3, -0.25) is 9.80 Å². The summed E-state index contributed by atoms with van der Waals surface area (Å²) in [6.07, 6.45) is 17.3. The van der Waals surface area contributed by atoms with Crippen LogP contribution in [0.15, 0.2) is 58.7 Å². The minimum atomic E-state index is 0.0731. The molecule has 2 atom stereocenters. The fourth-order valence-electron chi connectivity index (χ4n) is 3.53. The lowest BCUT2D eigenvalue weighted by atomic mass is 9.85. The van der Waals surface area contributed by atoms with Crippen molar-refractivity contribution in [2.75, 3.05) is 0 Å². The van der Waals surface area contributed by atoms with Crippen LogP contribution in [0.2, 0.25) is 0 Å². The van der Waals surface area contributed by atoms with Crippen LogP contribution in [-0.2, 0) is 4.79 Å². The Morgan fingerprint density at radius 2 is 2.16 bits per heavy atom. The van der Waals surface area contributed by atoms with Crippen LogP contribution in [0, 0.1) is 0 Å². The third-order valence-electron chi connectivity index (χ3n) is 4.38. The van der Waals surface area contributed by atoms with Gasteiger partial charge in [0.05, 0.1) is 12.1 Å². The predicted molar refractivity (Wildman–Crippen MR) is 73.9 cm³/mol. The molecule has 4 rings (SSSR count). The molecule has 0 radical (unpaired) electrons. The Morgan fingerprint density at radius 3 is 3.05 bits per heavy atom. The van der Waals surface area contributed by atoms with E-state index in [-0.39, 0.29) is 12.1 Å². The quantitative estimate of drug-likeness (QED) is 0.725. The number of carbonyl (C=O) groups excluding carboxylic acids is 1. The van der Waals surface area contributed by atoms with E-state index >= 15 is 0 Å². The molecule has 0 aromatic carbocycles. The van der Waals surface area contributed by atoms with Gasteiger partial charge < -0.3 is 0 Å². The largest absolute Gasteiger partial charge is 0.277 e. The minimum Gasteiger partial charge on any atom is -0.277 e. The summed E-state index contributed by atoms with van der Waals surface area (Å²) in [5, 5.41) is 1.74. The molecule has 19 heavy (non-hydrogen) atoms. The van der Waals surface area contributed by atoms with Crippen molar-refractivity contribution in [2.45, 2.75) is 31.3 Å². The molecule has 1 saturated heterocycles. The molecule has 2 unspecified atom stereocenters. The maximum atomic E-state index is 11.4.